The lowest BCUT2D eigenvalue weighted by Gasteiger charge is -2.21. The molecule has 0 N–H and O–H groups in total. The highest BCUT2D eigenvalue weighted by atomic mass is 32.2. The first-order chi connectivity index (χ1) is 10.5. The maximum atomic E-state index is 12.4. The van der Waals surface area contributed by atoms with Crippen LogP contribution in [0.4, 0.5) is 0 Å². The van der Waals surface area contributed by atoms with E-state index >= 15 is 0 Å². The van der Waals surface area contributed by atoms with E-state index in [9.17, 15) is 8.42 Å². The molecule has 1 aliphatic carbocycles. The van der Waals surface area contributed by atoms with Gasteiger partial charge in [-0.1, -0.05) is 42.0 Å². The average Bonchev–Trinajstić information content (AvgIpc) is 2.51. The molecule has 0 amide bonds. The Bertz CT molecular complexity index is 831. The molecule has 4 heteroatoms. The van der Waals surface area contributed by atoms with Gasteiger partial charge in [0.25, 0.3) is 0 Å². The molecule has 114 valence electrons. The SMILES string of the molecule is CC1=C(OS(=O)(=O)c2ccc(C)cc2)CCc2ccccc21. The van der Waals surface area contributed by atoms with Gasteiger partial charge in [-0.05, 0) is 49.1 Å². The first-order valence-corrected chi connectivity index (χ1v) is 8.67. The number of aryl methyl sites for hydroxylation is 2. The van der Waals surface area contributed by atoms with Crippen LogP contribution in [-0.4, -0.2) is 8.42 Å². The lowest BCUT2D eigenvalue weighted by molar-refractivity contribution is 0.390. The summed E-state index contributed by atoms with van der Waals surface area (Å²) in [7, 11) is -3.77. The predicted octanol–water partition coefficient (Wildman–Crippen LogP) is 4.08. The molecule has 3 rings (SSSR count). The minimum Gasteiger partial charge on any atom is -0.383 e. The summed E-state index contributed by atoms with van der Waals surface area (Å²) in [6, 6.07) is 14.7. The van der Waals surface area contributed by atoms with Crippen LogP contribution in [0.5, 0.6) is 0 Å². The van der Waals surface area contributed by atoms with Crippen molar-refractivity contribution < 1.29 is 12.6 Å². The van der Waals surface area contributed by atoms with E-state index in [1.807, 2.05) is 32.0 Å². The predicted molar refractivity (Wildman–Crippen MR) is 86.8 cm³/mol. The Morgan fingerprint density at radius 3 is 2.32 bits per heavy atom. The summed E-state index contributed by atoms with van der Waals surface area (Å²) in [5.41, 5.74) is 4.22. The second-order valence-corrected chi connectivity index (χ2v) is 7.10. The van der Waals surface area contributed by atoms with Gasteiger partial charge in [0.2, 0.25) is 0 Å². The Hall–Kier alpha value is -2.07. The normalized spacial score (nSPS) is 14.6. The van der Waals surface area contributed by atoms with Gasteiger partial charge in [0, 0.05) is 6.42 Å². The van der Waals surface area contributed by atoms with Gasteiger partial charge in [-0.3, -0.25) is 0 Å². The van der Waals surface area contributed by atoms with Crippen molar-refractivity contribution >= 4 is 15.7 Å². The summed E-state index contributed by atoms with van der Waals surface area (Å²) >= 11 is 0. The molecule has 0 saturated carbocycles. The molecule has 2 aromatic rings. The van der Waals surface area contributed by atoms with Gasteiger partial charge >= 0.3 is 10.1 Å². The van der Waals surface area contributed by atoms with Crippen LogP contribution in [0.2, 0.25) is 0 Å². The Morgan fingerprint density at radius 2 is 1.59 bits per heavy atom. The third-order valence-electron chi connectivity index (χ3n) is 3.98. The second kappa shape index (κ2) is 5.61. The molecule has 2 aromatic carbocycles. The number of benzene rings is 2. The van der Waals surface area contributed by atoms with Crippen molar-refractivity contribution in [1.29, 1.82) is 0 Å². The van der Waals surface area contributed by atoms with Gasteiger partial charge in [0.15, 0.2) is 0 Å². The Morgan fingerprint density at radius 1 is 0.909 bits per heavy atom. The third-order valence-corrected chi connectivity index (χ3v) is 5.25. The van der Waals surface area contributed by atoms with Gasteiger partial charge in [0.05, 0.1) is 0 Å². The van der Waals surface area contributed by atoms with Gasteiger partial charge < -0.3 is 4.18 Å². The molecule has 0 heterocycles. The maximum absolute atomic E-state index is 12.4. The lowest BCUT2D eigenvalue weighted by atomic mass is 9.91. The summed E-state index contributed by atoms with van der Waals surface area (Å²) < 4.78 is 30.3. The van der Waals surface area contributed by atoms with Crippen molar-refractivity contribution in [2.75, 3.05) is 0 Å². The van der Waals surface area contributed by atoms with Crippen LogP contribution in [-0.2, 0) is 20.7 Å². The van der Waals surface area contributed by atoms with Gasteiger partial charge in [-0.15, -0.1) is 0 Å². The van der Waals surface area contributed by atoms with Crippen LogP contribution in [0, 0.1) is 6.92 Å². The molecule has 22 heavy (non-hydrogen) atoms. The number of fused-ring (bicyclic) bond motifs is 1. The molecule has 0 bridgehead atoms. The van der Waals surface area contributed by atoms with Crippen molar-refractivity contribution in [3.05, 3.63) is 71.0 Å². The smallest absolute Gasteiger partial charge is 0.338 e. The minimum atomic E-state index is -3.77. The largest absolute Gasteiger partial charge is 0.383 e. The fourth-order valence-electron chi connectivity index (χ4n) is 2.68. The first kappa shape index (κ1) is 14.9. The Balaban J connectivity index is 1.94. The number of rotatable bonds is 3. The maximum Gasteiger partial charge on any atom is 0.338 e. The summed E-state index contributed by atoms with van der Waals surface area (Å²) in [6.07, 6.45) is 1.40. The van der Waals surface area contributed by atoms with E-state index in [1.54, 1.807) is 24.3 Å². The minimum absolute atomic E-state index is 0.192. The van der Waals surface area contributed by atoms with Crippen LogP contribution >= 0.6 is 0 Å². The van der Waals surface area contributed by atoms with Crippen LogP contribution in [0.25, 0.3) is 5.57 Å². The van der Waals surface area contributed by atoms with E-state index in [0.717, 1.165) is 23.1 Å². The monoisotopic (exact) mass is 314 g/mol. The van der Waals surface area contributed by atoms with Gasteiger partial charge in [0.1, 0.15) is 10.7 Å². The highest BCUT2D eigenvalue weighted by Crippen LogP contribution is 2.33. The zero-order valence-corrected chi connectivity index (χ0v) is 13.5. The summed E-state index contributed by atoms with van der Waals surface area (Å²) in [4.78, 5) is 0.192. The lowest BCUT2D eigenvalue weighted by Crippen LogP contribution is -2.11. The molecule has 1 aliphatic rings. The van der Waals surface area contributed by atoms with Gasteiger partial charge in [-0.2, -0.15) is 8.42 Å². The molecule has 0 spiro atoms. The quantitative estimate of drug-likeness (QED) is 0.802. The van der Waals surface area contributed by atoms with E-state index in [1.165, 1.54) is 5.56 Å². The summed E-state index contributed by atoms with van der Waals surface area (Å²) in [6.45, 7) is 3.83. The Kier molecular flexibility index (Phi) is 3.79. The van der Waals surface area contributed by atoms with Crippen LogP contribution < -0.4 is 0 Å². The number of hydrogen-bond donors (Lipinski definition) is 0. The van der Waals surface area contributed by atoms with E-state index in [2.05, 4.69) is 6.07 Å². The molecule has 0 aliphatic heterocycles. The van der Waals surface area contributed by atoms with E-state index in [0.29, 0.717) is 12.2 Å². The topological polar surface area (TPSA) is 43.4 Å². The fourth-order valence-corrected chi connectivity index (χ4v) is 3.72. The molecule has 0 unspecified atom stereocenters. The van der Waals surface area contributed by atoms with Crippen molar-refractivity contribution in [2.45, 2.75) is 31.6 Å². The van der Waals surface area contributed by atoms with Crippen LogP contribution in [0.3, 0.4) is 0 Å². The van der Waals surface area contributed by atoms with Crippen molar-refractivity contribution in [1.82, 2.24) is 0 Å². The molecule has 0 saturated heterocycles. The number of hydrogen-bond acceptors (Lipinski definition) is 3. The van der Waals surface area contributed by atoms with Crippen LogP contribution in [0.1, 0.15) is 30.0 Å². The standard InChI is InChI=1S/C18H18O3S/c1-13-7-10-16(11-8-13)22(19,20)21-18-12-9-15-5-3-4-6-17(15)14(18)2/h3-8,10-11H,9,12H2,1-2H3. The van der Waals surface area contributed by atoms with E-state index < -0.39 is 10.1 Å². The highest BCUT2D eigenvalue weighted by Gasteiger charge is 2.23. The molecule has 0 aromatic heterocycles. The third kappa shape index (κ3) is 2.79. The molecule has 0 radical (unpaired) electrons. The molecule has 3 nitrogen and oxygen atoms in total. The zero-order chi connectivity index (χ0) is 15.7. The van der Waals surface area contributed by atoms with E-state index in [-0.39, 0.29) is 4.90 Å². The Labute approximate surface area is 131 Å². The summed E-state index contributed by atoms with van der Waals surface area (Å²) in [5, 5.41) is 0. The first-order valence-electron chi connectivity index (χ1n) is 7.26. The van der Waals surface area contributed by atoms with Crippen molar-refractivity contribution in [3.8, 4) is 0 Å². The highest BCUT2D eigenvalue weighted by molar-refractivity contribution is 7.86. The van der Waals surface area contributed by atoms with Crippen LogP contribution in [0.15, 0.2) is 59.2 Å². The molecule has 0 fully saturated rings. The zero-order valence-electron chi connectivity index (χ0n) is 12.7. The molecular formula is C18H18O3S. The second-order valence-electron chi connectivity index (χ2n) is 5.56. The fraction of sp³-hybridized carbons (Fsp3) is 0.222. The average molecular weight is 314 g/mol. The van der Waals surface area contributed by atoms with Crippen molar-refractivity contribution in [2.24, 2.45) is 0 Å². The molecule has 0 atom stereocenters. The van der Waals surface area contributed by atoms with E-state index in [4.69, 9.17) is 4.18 Å². The van der Waals surface area contributed by atoms with Crippen molar-refractivity contribution in [3.63, 3.8) is 0 Å². The summed E-state index contributed by atoms with van der Waals surface area (Å²) in [5.74, 6) is 0.541. The molecular weight excluding hydrogens is 296 g/mol. The number of allylic oxidation sites excluding steroid dienone is 2. The van der Waals surface area contributed by atoms with Gasteiger partial charge in [-0.25, -0.2) is 0 Å².